The molecular formula is C28H31N7O6S. The van der Waals surface area contributed by atoms with Crippen LogP contribution in [0, 0.1) is 5.41 Å². The molecule has 4 aromatic rings. The Hall–Kier alpha value is -4.50. The van der Waals surface area contributed by atoms with E-state index in [9.17, 15) is 23.4 Å². The lowest BCUT2D eigenvalue weighted by Crippen LogP contribution is -2.41. The van der Waals surface area contributed by atoms with Gasteiger partial charge in [0.25, 0.3) is 0 Å². The van der Waals surface area contributed by atoms with E-state index < -0.39 is 10.0 Å². The first-order valence-corrected chi connectivity index (χ1v) is 14.7. The number of nitrogen functional groups attached to an aromatic ring is 1. The first-order valence-electron chi connectivity index (χ1n) is 13.1. The lowest BCUT2D eigenvalue weighted by atomic mass is 9.95. The van der Waals surface area contributed by atoms with Crippen LogP contribution in [0.5, 0.6) is 11.5 Å². The van der Waals surface area contributed by atoms with Crippen molar-refractivity contribution in [1.29, 1.82) is 5.41 Å². The maximum Gasteiger partial charge on any atom is 0.238 e. The molecule has 0 unspecified atom stereocenters. The van der Waals surface area contributed by atoms with Gasteiger partial charge in [0.15, 0.2) is 0 Å². The highest BCUT2D eigenvalue weighted by atomic mass is 32.2. The normalized spacial score (nSPS) is 14.2. The summed E-state index contributed by atoms with van der Waals surface area (Å²) in [6.45, 7) is 4.03. The number of amides is 1. The van der Waals surface area contributed by atoms with Crippen LogP contribution in [0.1, 0.15) is 11.1 Å². The molecule has 1 aliphatic heterocycles. The minimum Gasteiger partial charge on any atom is -0.507 e. The number of aromatic amines is 1. The Kier molecular flexibility index (Phi) is 8.13. The second kappa shape index (κ2) is 11.8. The van der Waals surface area contributed by atoms with E-state index in [0.29, 0.717) is 48.5 Å². The number of aromatic nitrogens is 2. The van der Waals surface area contributed by atoms with Crippen LogP contribution in [0.2, 0.25) is 0 Å². The van der Waals surface area contributed by atoms with Crippen molar-refractivity contribution in [2.24, 2.45) is 10.9 Å². The van der Waals surface area contributed by atoms with Crippen LogP contribution in [0.15, 0.2) is 53.4 Å². The number of phenols is 2. The van der Waals surface area contributed by atoms with Gasteiger partial charge in [0.2, 0.25) is 15.9 Å². The van der Waals surface area contributed by atoms with Crippen LogP contribution >= 0.6 is 0 Å². The number of primary sulfonamides is 1. The van der Waals surface area contributed by atoms with Gasteiger partial charge in [-0.1, -0.05) is 0 Å². The van der Waals surface area contributed by atoms with E-state index in [4.69, 9.17) is 21.0 Å². The van der Waals surface area contributed by atoms with Crippen molar-refractivity contribution < 1.29 is 28.2 Å². The van der Waals surface area contributed by atoms with E-state index in [2.05, 4.69) is 20.2 Å². The van der Waals surface area contributed by atoms with E-state index in [1.807, 2.05) is 0 Å². The maximum absolute atomic E-state index is 12.9. The number of carbonyl (C=O) groups is 1. The summed E-state index contributed by atoms with van der Waals surface area (Å²) >= 11 is 0. The number of ether oxygens (including phenoxy) is 1. The number of nitrogens with one attached hydrogen (secondary N) is 3. The number of sulfonamides is 1. The van der Waals surface area contributed by atoms with E-state index in [0.717, 1.165) is 25.2 Å². The van der Waals surface area contributed by atoms with Gasteiger partial charge in [-0.25, -0.2) is 18.5 Å². The summed E-state index contributed by atoms with van der Waals surface area (Å²) in [5.74, 6) is -0.735. The number of H-pyrrole nitrogens is 1. The Labute approximate surface area is 241 Å². The van der Waals surface area contributed by atoms with Crippen LogP contribution in [-0.2, 0) is 26.0 Å². The van der Waals surface area contributed by atoms with Gasteiger partial charge < -0.3 is 31.0 Å². The van der Waals surface area contributed by atoms with Crippen LogP contribution in [-0.4, -0.2) is 84.6 Å². The monoisotopic (exact) mass is 593 g/mol. The predicted molar refractivity (Wildman–Crippen MR) is 157 cm³/mol. The number of fused-ring (bicyclic) bond motifs is 1. The number of aromatic hydroxyl groups is 2. The molecule has 220 valence electrons. The van der Waals surface area contributed by atoms with E-state index in [-0.39, 0.29) is 57.1 Å². The lowest BCUT2D eigenvalue weighted by Gasteiger charge is -2.26. The van der Waals surface area contributed by atoms with E-state index >= 15 is 0 Å². The molecular weight excluding hydrogens is 562 g/mol. The molecule has 1 fully saturated rings. The number of phenolic OH excluding ortho intramolecular Hbond substituents is 2. The molecule has 1 amide bonds. The number of hydrogen-bond donors (Lipinski definition) is 7. The number of carbonyl (C=O) groups excluding carboxylic acids is 1. The Bertz CT molecular complexity index is 1780. The number of imidazole rings is 1. The average molecular weight is 594 g/mol. The molecule has 0 bridgehead atoms. The van der Waals surface area contributed by atoms with Gasteiger partial charge in [0, 0.05) is 42.9 Å². The van der Waals surface area contributed by atoms with Gasteiger partial charge >= 0.3 is 0 Å². The second-order valence-corrected chi connectivity index (χ2v) is 11.5. The number of nitrogens with zero attached hydrogens (tertiary/aromatic N) is 2. The SMILES string of the molecule is N=C(N)c1ccc2nc(-c3cc(CC(=O)NCCN4CCOCC4)cc(-c4cc(S(N)(=O)=O)ccc4O)c3O)[nH]c2c1. The van der Waals surface area contributed by atoms with Gasteiger partial charge in [0.1, 0.15) is 23.2 Å². The molecule has 9 N–H and O–H groups in total. The van der Waals surface area contributed by atoms with Crippen LogP contribution in [0.3, 0.4) is 0 Å². The maximum atomic E-state index is 12.9. The molecule has 14 heteroatoms. The van der Waals surface area contributed by atoms with Gasteiger partial charge in [-0.2, -0.15) is 0 Å². The van der Waals surface area contributed by atoms with E-state index in [1.54, 1.807) is 24.3 Å². The molecule has 3 aromatic carbocycles. The summed E-state index contributed by atoms with van der Waals surface area (Å²) in [6.07, 6.45) is -0.0618. The first-order chi connectivity index (χ1) is 20.0. The molecule has 0 spiro atoms. The molecule has 42 heavy (non-hydrogen) atoms. The van der Waals surface area contributed by atoms with Crippen molar-refractivity contribution in [3.63, 3.8) is 0 Å². The number of amidine groups is 1. The minimum absolute atomic E-state index is 0.00447. The number of benzene rings is 3. The number of morpholine rings is 1. The molecule has 13 nitrogen and oxygen atoms in total. The van der Waals surface area contributed by atoms with Crippen molar-refractivity contribution in [3.8, 4) is 34.0 Å². The van der Waals surface area contributed by atoms with Crippen LogP contribution < -0.4 is 16.2 Å². The summed E-state index contributed by atoms with van der Waals surface area (Å²) in [5, 5.41) is 38.0. The lowest BCUT2D eigenvalue weighted by molar-refractivity contribution is -0.120. The van der Waals surface area contributed by atoms with Crippen LogP contribution in [0.25, 0.3) is 33.5 Å². The molecule has 1 aromatic heterocycles. The zero-order valence-corrected chi connectivity index (χ0v) is 23.4. The molecule has 0 radical (unpaired) electrons. The predicted octanol–water partition coefficient (Wildman–Crippen LogP) is 1.23. The van der Waals surface area contributed by atoms with Gasteiger partial charge in [0.05, 0.1) is 41.1 Å². The van der Waals surface area contributed by atoms with Crippen molar-refractivity contribution in [3.05, 3.63) is 59.7 Å². The highest BCUT2D eigenvalue weighted by Crippen LogP contribution is 2.42. The number of hydrogen-bond acceptors (Lipinski definition) is 9. The van der Waals surface area contributed by atoms with Crippen molar-refractivity contribution in [1.82, 2.24) is 20.2 Å². The molecule has 1 aliphatic rings. The van der Waals surface area contributed by atoms with Gasteiger partial charge in [-0.15, -0.1) is 0 Å². The molecule has 0 saturated carbocycles. The largest absolute Gasteiger partial charge is 0.507 e. The van der Waals surface area contributed by atoms with Crippen LogP contribution in [0.4, 0.5) is 0 Å². The zero-order valence-electron chi connectivity index (χ0n) is 22.6. The summed E-state index contributed by atoms with van der Waals surface area (Å²) in [5.41, 5.74) is 7.98. The number of rotatable bonds is 9. The highest BCUT2D eigenvalue weighted by molar-refractivity contribution is 7.89. The quantitative estimate of drug-likeness (QED) is 0.109. The Balaban J connectivity index is 1.53. The number of nitrogens with two attached hydrogens (primary N) is 2. The Morgan fingerprint density at radius 2 is 1.81 bits per heavy atom. The van der Waals surface area contributed by atoms with Gasteiger partial charge in [-0.3, -0.25) is 15.1 Å². The van der Waals surface area contributed by atoms with Crippen molar-refractivity contribution in [2.75, 3.05) is 39.4 Å². The van der Waals surface area contributed by atoms with Crippen molar-refractivity contribution >= 4 is 32.8 Å². The Morgan fingerprint density at radius 1 is 1.07 bits per heavy atom. The molecule has 2 heterocycles. The fourth-order valence-corrected chi connectivity index (χ4v) is 5.36. The third kappa shape index (κ3) is 6.36. The molecule has 0 aliphatic carbocycles. The minimum atomic E-state index is -4.12. The average Bonchev–Trinajstić information content (AvgIpc) is 3.37. The Morgan fingerprint density at radius 3 is 2.52 bits per heavy atom. The fourth-order valence-electron chi connectivity index (χ4n) is 4.82. The fraction of sp³-hybridized carbons (Fsp3) is 0.250. The standard InChI is InChI=1S/C28H31N7O6S/c29-27(30)17-1-3-22-23(14-17)34-28(33-22)21-12-16(13-25(37)32-5-6-35-7-9-41-10-8-35)11-20(26(21)38)19-15-18(42(31,39)40)2-4-24(19)36/h1-4,11-12,14-15,36,38H,5-10,13H2,(H3,29,30)(H,32,37)(H,33,34)(H2,31,39,40). The highest BCUT2D eigenvalue weighted by Gasteiger charge is 2.21. The first kappa shape index (κ1) is 29.0. The molecule has 1 saturated heterocycles. The summed E-state index contributed by atoms with van der Waals surface area (Å²) < 4.78 is 29.4. The van der Waals surface area contributed by atoms with E-state index in [1.165, 1.54) is 12.1 Å². The third-order valence-electron chi connectivity index (χ3n) is 7.02. The molecule has 0 atom stereocenters. The van der Waals surface area contributed by atoms with Gasteiger partial charge in [-0.05, 0) is 54.1 Å². The molecule has 5 rings (SSSR count). The topological polar surface area (TPSA) is 221 Å². The van der Waals surface area contributed by atoms with Crippen molar-refractivity contribution in [2.45, 2.75) is 11.3 Å². The summed E-state index contributed by atoms with van der Waals surface area (Å²) in [6, 6.07) is 11.6. The second-order valence-electron chi connectivity index (χ2n) is 9.98. The summed E-state index contributed by atoms with van der Waals surface area (Å²) in [4.78, 5) is 22.5. The zero-order chi connectivity index (χ0) is 30.0. The third-order valence-corrected chi connectivity index (χ3v) is 7.93. The smallest absolute Gasteiger partial charge is 0.238 e. The summed E-state index contributed by atoms with van der Waals surface area (Å²) in [7, 11) is -4.12.